The Labute approximate surface area is 157 Å². The first-order chi connectivity index (χ1) is 12.9. The number of hydrogen-bond donors (Lipinski definition) is 0. The zero-order chi connectivity index (χ0) is 19.6. The van der Waals surface area contributed by atoms with Crippen LogP contribution in [-0.4, -0.2) is 36.5 Å². The monoisotopic (exact) mass is 370 g/mol. The molecule has 1 aliphatic rings. The quantitative estimate of drug-likeness (QED) is 0.596. The Hall–Kier alpha value is -3.09. The Morgan fingerprint density at radius 1 is 1.22 bits per heavy atom. The molecular formula is C20H22N2O5. The van der Waals surface area contributed by atoms with Gasteiger partial charge in [-0.15, -0.1) is 0 Å². The van der Waals surface area contributed by atoms with Gasteiger partial charge in [-0.05, 0) is 42.2 Å². The van der Waals surface area contributed by atoms with Crippen LogP contribution in [0.3, 0.4) is 0 Å². The zero-order valence-corrected chi connectivity index (χ0v) is 15.6. The van der Waals surface area contributed by atoms with E-state index in [2.05, 4.69) is 0 Å². The topological polar surface area (TPSA) is 81.9 Å². The van der Waals surface area contributed by atoms with Crippen LogP contribution in [0, 0.1) is 10.1 Å². The Bertz CT molecular complexity index is 881. The van der Waals surface area contributed by atoms with Crippen LogP contribution < -0.4 is 9.47 Å². The number of carbonyl (C=O) groups is 1. The second-order valence-corrected chi connectivity index (χ2v) is 6.52. The minimum atomic E-state index is -0.451. The maximum Gasteiger partial charge on any atom is 0.269 e. The van der Waals surface area contributed by atoms with Gasteiger partial charge in [0.1, 0.15) is 0 Å². The molecule has 27 heavy (non-hydrogen) atoms. The van der Waals surface area contributed by atoms with Gasteiger partial charge in [0.25, 0.3) is 5.69 Å². The highest BCUT2D eigenvalue weighted by Gasteiger charge is 2.29. The zero-order valence-electron chi connectivity index (χ0n) is 15.6. The summed E-state index contributed by atoms with van der Waals surface area (Å²) < 4.78 is 10.7. The molecule has 1 atom stereocenters. The number of fused-ring (bicyclic) bond motifs is 1. The van der Waals surface area contributed by atoms with Gasteiger partial charge in [0.15, 0.2) is 11.5 Å². The molecule has 7 nitrogen and oxygen atoms in total. The van der Waals surface area contributed by atoms with Gasteiger partial charge in [0.05, 0.1) is 31.6 Å². The number of amides is 1. The predicted molar refractivity (Wildman–Crippen MR) is 100 cm³/mol. The van der Waals surface area contributed by atoms with Gasteiger partial charge >= 0.3 is 0 Å². The van der Waals surface area contributed by atoms with Gasteiger partial charge in [-0.1, -0.05) is 12.1 Å². The van der Waals surface area contributed by atoms with Gasteiger partial charge in [-0.3, -0.25) is 14.9 Å². The molecule has 1 heterocycles. The van der Waals surface area contributed by atoms with Crippen molar-refractivity contribution in [2.45, 2.75) is 25.8 Å². The van der Waals surface area contributed by atoms with Crippen molar-refractivity contribution in [3.05, 3.63) is 63.2 Å². The summed E-state index contributed by atoms with van der Waals surface area (Å²) in [5.74, 6) is 1.26. The second-order valence-electron chi connectivity index (χ2n) is 6.52. The molecule has 0 aromatic heterocycles. The lowest BCUT2D eigenvalue weighted by molar-refractivity contribution is -0.384. The fourth-order valence-electron chi connectivity index (χ4n) is 3.54. The molecule has 0 saturated carbocycles. The molecule has 0 radical (unpaired) electrons. The third-order valence-electron chi connectivity index (χ3n) is 4.98. The van der Waals surface area contributed by atoms with Crippen molar-refractivity contribution >= 4 is 11.6 Å². The predicted octanol–water partition coefficient (Wildman–Crippen LogP) is 3.30. The Kier molecular flexibility index (Phi) is 5.30. The minimum absolute atomic E-state index is 0.00540. The molecule has 2 aromatic carbocycles. The normalized spacial score (nSPS) is 15.8. The maximum absolute atomic E-state index is 12.8. The van der Waals surface area contributed by atoms with E-state index < -0.39 is 4.92 Å². The molecule has 1 unspecified atom stereocenters. The van der Waals surface area contributed by atoms with Crippen molar-refractivity contribution in [2.75, 3.05) is 20.8 Å². The second kappa shape index (κ2) is 7.65. The summed E-state index contributed by atoms with van der Waals surface area (Å²) in [6.45, 7) is 2.58. The summed E-state index contributed by atoms with van der Waals surface area (Å²) in [7, 11) is 3.19. The number of non-ortho nitro benzene ring substituents is 1. The first-order valence-electron chi connectivity index (χ1n) is 8.72. The van der Waals surface area contributed by atoms with Gasteiger partial charge in [0.2, 0.25) is 5.91 Å². The van der Waals surface area contributed by atoms with Gasteiger partial charge in [-0.2, -0.15) is 0 Å². The lowest BCUT2D eigenvalue weighted by Gasteiger charge is -2.36. The van der Waals surface area contributed by atoms with E-state index in [1.165, 1.54) is 12.1 Å². The number of carbonyl (C=O) groups excluding carboxylic acids is 1. The molecule has 0 spiro atoms. The molecule has 2 aromatic rings. The lowest BCUT2D eigenvalue weighted by Crippen LogP contribution is -2.39. The van der Waals surface area contributed by atoms with Crippen molar-refractivity contribution in [2.24, 2.45) is 0 Å². The molecule has 7 heteroatoms. The van der Waals surface area contributed by atoms with E-state index in [-0.39, 0.29) is 24.1 Å². The van der Waals surface area contributed by atoms with E-state index >= 15 is 0 Å². The first-order valence-corrected chi connectivity index (χ1v) is 8.72. The third kappa shape index (κ3) is 3.72. The van der Waals surface area contributed by atoms with Gasteiger partial charge < -0.3 is 14.4 Å². The number of benzene rings is 2. The highest BCUT2D eigenvalue weighted by atomic mass is 16.6. The molecular weight excluding hydrogens is 348 g/mol. The molecule has 0 fully saturated rings. The van der Waals surface area contributed by atoms with E-state index in [0.717, 1.165) is 17.5 Å². The largest absolute Gasteiger partial charge is 0.493 e. The van der Waals surface area contributed by atoms with E-state index in [1.807, 2.05) is 24.0 Å². The van der Waals surface area contributed by atoms with E-state index in [1.54, 1.807) is 26.4 Å². The van der Waals surface area contributed by atoms with E-state index in [4.69, 9.17) is 9.47 Å². The van der Waals surface area contributed by atoms with E-state index in [0.29, 0.717) is 23.6 Å². The van der Waals surface area contributed by atoms with Crippen LogP contribution in [0.25, 0.3) is 0 Å². The maximum atomic E-state index is 12.8. The summed E-state index contributed by atoms with van der Waals surface area (Å²) in [5, 5.41) is 10.9. The molecule has 0 N–H and O–H groups in total. The van der Waals surface area contributed by atoms with Crippen LogP contribution in [0.1, 0.15) is 29.7 Å². The van der Waals surface area contributed by atoms with Crippen molar-refractivity contribution in [3.63, 3.8) is 0 Å². The van der Waals surface area contributed by atoms with Crippen molar-refractivity contribution in [1.82, 2.24) is 4.90 Å². The number of nitrogens with zero attached hydrogens (tertiary/aromatic N) is 2. The molecule has 1 aliphatic heterocycles. The molecule has 0 bridgehead atoms. The summed E-state index contributed by atoms with van der Waals surface area (Å²) in [6.07, 6.45) is 0.856. The van der Waals surface area contributed by atoms with Crippen LogP contribution in [-0.2, 0) is 17.6 Å². The summed E-state index contributed by atoms with van der Waals surface area (Å²) in [6, 6.07) is 9.99. The highest BCUT2D eigenvalue weighted by molar-refractivity contribution is 5.80. The fraction of sp³-hybridized carbons (Fsp3) is 0.350. The lowest BCUT2D eigenvalue weighted by atomic mass is 9.92. The van der Waals surface area contributed by atoms with Crippen LogP contribution in [0.15, 0.2) is 36.4 Å². The van der Waals surface area contributed by atoms with Crippen molar-refractivity contribution in [1.29, 1.82) is 0 Å². The van der Waals surface area contributed by atoms with Gasteiger partial charge in [0, 0.05) is 18.7 Å². The smallest absolute Gasteiger partial charge is 0.269 e. The SMILES string of the molecule is COc1cc2c(cc1OC)C(C)N(C(=O)Cc1cccc([N+](=O)[O-])c1)CC2. The number of rotatable bonds is 5. The van der Waals surface area contributed by atoms with Crippen LogP contribution in [0.5, 0.6) is 11.5 Å². The van der Waals surface area contributed by atoms with Crippen LogP contribution in [0.4, 0.5) is 5.69 Å². The number of ether oxygens (including phenoxy) is 2. The molecule has 0 aliphatic carbocycles. The Morgan fingerprint density at radius 2 is 1.93 bits per heavy atom. The number of methoxy groups -OCH3 is 2. The van der Waals surface area contributed by atoms with Gasteiger partial charge in [-0.25, -0.2) is 0 Å². The number of nitro groups is 1. The highest BCUT2D eigenvalue weighted by Crippen LogP contribution is 2.38. The van der Waals surface area contributed by atoms with Crippen LogP contribution >= 0.6 is 0 Å². The standard InChI is InChI=1S/C20H22N2O5/c1-13-17-12-19(27-3)18(26-2)11-15(17)7-8-21(13)20(23)10-14-5-4-6-16(9-14)22(24)25/h4-6,9,11-13H,7-8,10H2,1-3H3. The van der Waals surface area contributed by atoms with Crippen LogP contribution in [0.2, 0.25) is 0 Å². The summed E-state index contributed by atoms with van der Waals surface area (Å²) in [5.41, 5.74) is 2.81. The number of nitro benzene ring substituents is 1. The minimum Gasteiger partial charge on any atom is -0.493 e. The Morgan fingerprint density at radius 3 is 2.59 bits per heavy atom. The summed E-state index contributed by atoms with van der Waals surface area (Å²) >= 11 is 0. The first kappa shape index (κ1) is 18.7. The third-order valence-corrected chi connectivity index (χ3v) is 4.98. The summed E-state index contributed by atoms with van der Waals surface area (Å²) in [4.78, 5) is 25.1. The van der Waals surface area contributed by atoms with E-state index in [9.17, 15) is 14.9 Å². The average Bonchev–Trinajstić information content (AvgIpc) is 2.67. The molecule has 0 saturated heterocycles. The fourth-order valence-corrected chi connectivity index (χ4v) is 3.54. The molecule has 3 rings (SSSR count). The van der Waals surface area contributed by atoms with Crippen molar-refractivity contribution in [3.8, 4) is 11.5 Å². The van der Waals surface area contributed by atoms with Crippen molar-refractivity contribution < 1.29 is 19.2 Å². The Balaban J connectivity index is 1.82. The average molecular weight is 370 g/mol. The molecule has 142 valence electrons. The molecule has 1 amide bonds. The number of hydrogen-bond acceptors (Lipinski definition) is 5.